The number of likely N-dealkylation sites (N-methyl/N-ethyl adjacent to an activating group) is 1. The van der Waals surface area contributed by atoms with Gasteiger partial charge in [-0.15, -0.1) is 0 Å². The predicted octanol–water partition coefficient (Wildman–Crippen LogP) is 1.66. The van der Waals surface area contributed by atoms with Gasteiger partial charge in [0.25, 0.3) is 5.91 Å². The minimum Gasteiger partial charge on any atom is -0.352 e. The van der Waals surface area contributed by atoms with Crippen molar-refractivity contribution in [3.8, 4) is 0 Å². The van der Waals surface area contributed by atoms with Gasteiger partial charge in [-0.25, -0.2) is 0 Å². The number of benzene rings is 1. The number of carbonyl (C=O) groups is 1. The average molecular weight is 415 g/mol. The van der Waals surface area contributed by atoms with Crippen molar-refractivity contribution >= 4 is 11.9 Å². The van der Waals surface area contributed by atoms with Crippen LogP contribution in [0.2, 0.25) is 0 Å². The zero-order valence-electron chi connectivity index (χ0n) is 18.8. The molecule has 2 aliphatic rings. The van der Waals surface area contributed by atoms with Crippen LogP contribution in [-0.2, 0) is 6.54 Å². The Morgan fingerprint density at radius 2 is 2.00 bits per heavy atom. The second-order valence-corrected chi connectivity index (χ2v) is 8.75. The normalized spacial score (nSPS) is 20.7. The maximum atomic E-state index is 12.4. The molecule has 1 aromatic rings. The first-order chi connectivity index (χ1) is 14.5. The molecule has 1 saturated carbocycles. The summed E-state index contributed by atoms with van der Waals surface area (Å²) in [5.74, 6) is 0.799. The Kier molecular flexibility index (Phi) is 8.51. The van der Waals surface area contributed by atoms with Crippen molar-refractivity contribution in [3.05, 3.63) is 35.4 Å². The van der Waals surface area contributed by atoms with Crippen LogP contribution < -0.4 is 16.0 Å². The molecule has 3 rings (SSSR count). The Morgan fingerprint density at radius 1 is 1.20 bits per heavy atom. The van der Waals surface area contributed by atoms with Crippen molar-refractivity contribution < 1.29 is 4.79 Å². The van der Waals surface area contributed by atoms with E-state index in [1.54, 1.807) is 0 Å². The fourth-order valence-electron chi connectivity index (χ4n) is 4.40. The summed E-state index contributed by atoms with van der Waals surface area (Å²) < 4.78 is 0. The number of hydrogen-bond acceptors (Lipinski definition) is 4. The van der Waals surface area contributed by atoms with Crippen molar-refractivity contribution in [3.63, 3.8) is 0 Å². The molecule has 1 heterocycles. The summed E-state index contributed by atoms with van der Waals surface area (Å²) in [6.45, 7) is 4.40. The number of nitrogens with zero attached hydrogens (tertiary/aromatic N) is 3. The number of rotatable bonds is 8. The molecule has 166 valence electrons. The van der Waals surface area contributed by atoms with Crippen LogP contribution in [0.1, 0.15) is 48.0 Å². The molecular formula is C23H38N6O. The van der Waals surface area contributed by atoms with Crippen LogP contribution in [0.5, 0.6) is 0 Å². The third-order valence-corrected chi connectivity index (χ3v) is 6.12. The van der Waals surface area contributed by atoms with E-state index in [2.05, 4.69) is 30.7 Å². The van der Waals surface area contributed by atoms with Gasteiger partial charge in [-0.3, -0.25) is 14.7 Å². The van der Waals surface area contributed by atoms with E-state index >= 15 is 0 Å². The van der Waals surface area contributed by atoms with Gasteiger partial charge >= 0.3 is 0 Å². The second-order valence-electron chi connectivity index (χ2n) is 8.75. The smallest absolute Gasteiger partial charge is 0.251 e. The molecule has 1 unspecified atom stereocenters. The Hall–Kier alpha value is -2.12. The number of likely N-dealkylation sites (tertiary alicyclic amines) is 1. The Bertz CT molecular complexity index is 713. The summed E-state index contributed by atoms with van der Waals surface area (Å²) in [4.78, 5) is 21.4. The molecule has 1 saturated heterocycles. The summed E-state index contributed by atoms with van der Waals surface area (Å²) in [5.41, 5.74) is 1.76. The number of nitrogens with one attached hydrogen (secondary N) is 3. The first-order valence-electron chi connectivity index (χ1n) is 11.3. The molecule has 0 radical (unpaired) electrons. The monoisotopic (exact) mass is 414 g/mol. The fourth-order valence-corrected chi connectivity index (χ4v) is 4.40. The summed E-state index contributed by atoms with van der Waals surface area (Å²) in [6.07, 6.45) is 6.65. The number of amides is 1. The van der Waals surface area contributed by atoms with Gasteiger partial charge in [-0.2, -0.15) is 0 Å². The van der Waals surface area contributed by atoms with Crippen LogP contribution >= 0.6 is 0 Å². The van der Waals surface area contributed by atoms with Crippen LogP contribution in [0.25, 0.3) is 0 Å². The number of guanidine groups is 1. The minimum atomic E-state index is -0.0285. The molecule has 1 amide bonds. The third-order valence-electron chi connectivity index (χ3n) is 6.12. The highest BCUT2D eigenvalue weighted by atomic mass is 16.1. The molecule has 7 heteroatoms. The number of carbonyl (C=O) groups excluding carboxylic acids is 1. The molecule has 7 nitrogen and oxygen atoms in total. The number of aliphatic imine (C=N–C) groups is 1. The van der Waals surface area contributed by atoms with E-state index in [4.69, 9.17) is 0 Å². The van der Waals surface area contributed by atoms with Crippen molar-refractivity contribution in [1.29, 1.82) is 0 Å². The first-order valence-corrected chi connectivity index (χ1v) is 11.3. The maximum absolute atomic E-state index is 12.4. The van der Waals surface area contributed by atoms with Crippen molar-refractivity contribution in [2.45, 2.75) is 50.7 Å². The predicted molar refractivity (Wildman–Crippen MR) is 123 cm³/mol. The van der Waals surface area contributed by atoms with E-state index in [9.17, 15) is 4.79 Å². The van der Waals surface area contributed by atoms with Crippen molar-refractivity contribution in [1.82, 2.24) is 25.8 Å². The minimum absolute atomic E-state index is 0.0285. The van der Waals surface area contributed by atoms with Crippen molar-refractivity contribution in [2.24, 2.45) is 4.99 Å². The Balaban J connectivity index is 1.45. The van der Waals surface area contributed by atoms with E-state index in [0.717, 1.165) is 30.7 Å². The third kappa shape index (κ3) is 6.71. The average Bonchev–Trinajstić information content (AvgIpc) is 3.42. The van der Waals surface area contributed by atoms with Gasteiger partial charge in [0.15, 0.2) is 5.96 Å². The first kappa shape index (κ1) is 22.6. The van der Waals surface area contributed by atoms with E-state index in [1.807, 2.05) is 45.4 Å². The van der Waals surface area contributed by atoms with Gasteiger partial charge in [0.05, 0.1) is 0 Å². The summed E-state index contributed by atoms with van der Waals surface area (Å²) in [6, 6.07) is 9.02. The highest BCUT2D eigenvalue weighted by Crippen LogP contribution is 2.26. The maximum Gasteiger partial charge on any atom is 0.251 e. The van der Waals surface area contributed by atoms with Gasteiger partial charge in [0.1, 0.15) is 0 Å². The molecule has 0 bridgehead atoms. The largest absolute Gasteiger partial charge is 0.352 e. The van der Waals surface area contributed by atoms with E-state index in [0.29, 0.717) is 24.7 Å². The van der Waals surface area contributed by atoms with Crippen LogP contribution in [0.4, 0.5) is 0 Å². The molecule has 0 aromatic heterocycles. The zero-order valence-corrected chi connectivity index (χ0v) is 18.8. The quantitative estimate of drug-likeness (QED) is 0.446. The Morgan fingerprint density at radius 3 is 2.73 bits per heavy atom. The molecule has 1 atom stereocenters. The van der Waals surface area contributed by atoms with Crippen molar-refractivity contribution in [2.75, 3.05) is 47.3 Å². The molecule has 30 heavy (non-hydrogen) atoms. The van der Waals surface area contributed by atoms with Gasteiger partial charge in [0.2, 0.25) is 0 Å². The lowest BCUT2D eigenvalue weighted by Crippen LogP contribution is -2.45. The molecule has 0 spiro atoms. The fraction of sp³-hybridized carbons (Fsp3) is 0.652. The van der Waals surface area contributed by atoms with Crippen LogP contribution in [0.3, 0.4) is 0 Å². The molecule has 1 aliphatic carbocycles. The van der Waals surface area contributed by atoms with E-state index in [1.165, 1.54) is 38.6 Å². The lowest BCUT2D eigenvalue weighted by molar-refractivity contribution is 0.0951. The van der Waals surface area contributed by atoms with Crippen LogP contribution in [0.15, 0.2) is 29.3 Å². The highest BCUT2D eigenvalue weighted by Gasteiger charge is 2.30. The molecule has 2 fully saturated rings. The lowest BCUT2D eigenvalue weighted by atomic mass is 10.1. The SMILES string of the molecule is CN=C(NCc1cccc(C(=O)NCCN(C)C)c1)NC1CCN(C2CCCC2)C1. The molecule has 3 N–H and O–H groups in total. The second kappa shape index (κ2) is 11.3. The van der Waals surface area contributed by atoms with E-state index in [-0.39, 0.29) is 5.91 Å². The van der Waals surface area contributed by atoms with Gasteiger partial charge in [0, 0.05) is 57.4 Å². The highest BCUT2D eigenvalue weighted by molar-refractivity contribution is 5.94. The van der Waals surface area contributed by atoms with E-state index < -0.39 is 0 Å². The molecule has 1 aromatic carbocycles. The zero-order chi connectivity index (χ0) is 21.3. The van der Waals surface area contributed by atoms with Crippen LogP contribution in [-0.4, -0.2) is 81.1 Å². The molecule has 1 aliphatic heterocycles. The van der Waals surface area contributed by atoms with Gasteiger partial charge in [-0.05, 0) is 51.1 Å². The summed E-state index contributed by atoms with van der Waals surface area (Å²) in [5, 5.41) is 9.95. The summed E-state index contributed by atoms with van der Waals surface area (Å²) >= 11 is 0. The standard InChI is InChI=1S/C23H38N6O/c1-24-23(27-20-11-13-29(17-20)21-9-4-5-10-21)26-16-18-7-6-8-19(15-18)22(30)25-12-14-28(2)3/h6-8,15,20-21H,4-5,9-14,16-17H2,1-3H3,(H,25,30)(H2,24,26,27). The lowest BCUT2D eigenvalue weighted by Gasteiger charge is -2.24. The van der Waals surface area contributed by atoms with Gasteiger partial charge < -0.3 is 20.9 Å². The molecular weight excluding hydrogens is 376 g/mol. The topological polar surface area (TPSA) is 72.0 Å². The van der Waals surface area contributed by atoms with Crippen LogP contribution in [0, 0.1) is 0 Å². The summed E-state index contributed by atoms with van der Waals surface area (Å²) in [7, 11) is 5.81. The number of hydrogen-bond donors (Lipinski definition) is 3. The van der Waals surface area contributed by atoms with Gasteiger partial charge in [-0.1, -0.05) is 25.0 Å². The Labute approximate surface area is 181 Å².